The summed E-state index contributed by atoms with van der Waals surface area (Å²) in [6.45, 7) is 6.50. The molecule has 34 heavy (non-hydrogen) atoms. The number of rotatable bonds is 5. The molecule has 2 aromatic carbocycles. The minimum Gasteiger partial charge on any atom is -0.350 e. The number of hydrogen-bond donors (Lipinski definition) is 1. The highest BCUT2D eigenvalue weighted by Gasteiger charge is 2.49. The summed E-state index contributed by atoms with van der Waals surface area (Å²) >= 11 is 1.57. The average Bonchev–Trinajstić information content (AvgIpc) is 3.50. The number of nitrogens with one attached hydrogen (secondary N) is 1. The van der Waals surface area contributed by atoms with E-state index < -0.39 is 5.54 Å². The fraction of sp³-hybridized carbons (Fsp3) is 0.222. The fourth-order valence-corrected chi connectivity index (χ4v) is 5.05. The molecule has 1 aliphatic heterocycles. The summed E-state index contributed by atoms with van der Waals surface area (Å²) in [4.78, 5) is 30.2. The monoisotopic (exact) mass is 470 g/mol. The molecule has 2 aromatic heterocycles. The van der Waals surface area contributed by atoms with Gasteiger partial charge in [0.25, 0.3) is 5.91 Å². The molecular formula is C27H26N4O2S. The molecule has 0 saturated carbocycles. The lowest BCUT2D eigenvalue weighted by Gasteiger charge is -2.43. The Balaban J connectivity index is 1.56. The molecule has 0 spiro atoms. The maximum absolute atomic E-state index is 13.9. The second kappa shape index (κ2) is 8.57. The van der Waals surface area contributed by atoms with Crippen LogP contribution in [0.3, 0.4) is 0 Å². The molecule has 1 aliphatic rings. The molecule has 0 radical (unpaired) electrons. The first-order valence-electron chi connectivity index (χ1n) is 11.2. The Morgan fingerprint density at radius 3 is 2.56 bits per heavy atom. The van der Waals surface area contributed by atoms with Crippen molar-refractivity contribution in [1.82, 2.24) is 15.1 Å². The lowest BCUT2D eigenvalue weighted by molar-refractivity contribution is -0.126. The number of aromatic nitrogens is 2. The van der Waals surface area contributed by atoms with Gasteiger partial charge in [0.1, 0.15) is 16.9 Å². The molecule has 0 bridgehead atoms. The van der Waals surface area contributed by atoms with Crippen LogP contribution >= 0.6 is 11.3 Å². The van der Waals surface area contributed by atoms with Crippen LogP contribution in [0.15, 0.2) is 72.1 Å². The van der Waals surface area contributed by atoms with Gasteiger partial charge in [0, 0.05) is 12.2 Å². The van der Waals surface area contributed by atoms with Crippen LogP contribution in [0.2, 0.25) is 0 Å². The number of benzene rings is 2. The van der Waals surface area contributed by atoms with Gasteiger partial charge in [0.2, 0.25) is 5.91 Å². The van der Waals surface area contributed by atoms with Crippen LogP contribution < -0.4 is 10.2 Å². The minimum atomic E-state index is -1.15. The van der Waals surface area contributed by atoms with Gasteiger partial charge < -0.3 is 5.32 Å². The Bertz CT molecular complexity index is 1360. The van der Waals surface area contributed by atoms with Gasteiger partial charge in [-0.15, -0.1) is 11.3 Å². The lowest BCUT2D eigenvalue weighted by atomic mass is 9.93. The van der Waals surface area contributed by atoms with Crippen molar-refractivity contribution in [3.05, 3.63) is 94.5 Å². The number of thiophene rings is 1. The standard InChI is InChI=1S/C27H26N4O2S/c1-18-11-12-21(14-19(18)2)31-25(32)23-15-22(24-10-7-13-34-24)29-30(23)17-27(31,3)26(33)28-16-20-8-5-4-6-9-20/h4-15H,16-17H2,1-3H3,(H,28,33)/t27-/m0/s1. The summed E-state index contributed by atoms with van der Waals surface area (Å²) in [5, 5.41) is 9.73. The van der Waals surface area contributed by atoms with E-state index in [2.05, 4.69) is 5.32 Å². The highest BCUT2D eigenvalue weighted by atomic mass is 32.1. The van der Waals surface area contributed by atoms with Crippen LogP contribution in [-0.4, -0.2) is 27.1 Å². The van der Waals surface area contributed by atoms with Crippen LogP contribution in [0, 0.1) is 13.8 Å². The van der Waals surface area contributed by atoms with E-state index in [1.165, 1.54) is 0 Å². The number of fused-ring (bicyclic) bond motifs is 1. The summed E-state index contributed by atoms with van der Waals surface area (Å²) in [5.74, 6) is -0.455. The van der Waals surface area contributed by atoms with E-state index in [9.17, 15) is 9.59 Å². The summed E-state index contributed by atoms with van der Waals surface area (Å²) in [6, 6.07) is 21.4. The van der Waals surface area contributed by atoms with E-state index in [-0.39, 0.29) is 18.4 Å². The van der Waals surface area contributed by atoms with Crippen LogP contribution in [0.25, 0.3) is 10.6 Å². The molecular weight excluding hydrogens is 444 g/mol. The Morgan fingerprint density at radius 1 is 1.06 bits per heavy atom. The number of nitrogens with zero attached hydrogens (tertiary/aromatic N) is 3. The molecule has 7 heteroatoms. The number of aryl methyl sites for hydroxylation is 2. The molecule has 1 atom stereocenters. The second-order valence-electron chi connectivity index (χ2n) is 8.90. The van der Waals surface area contributed by atoms with Gasteiger partial charge in [-0.3, -0.25) is 19.2 Å². The summed E-state index contributed by atoms with van der Waals surface area (Å²) in [6.07, 6.45) is 0. The SMILES string of the molecule is Cc1ccc(N2C(=O)c3cc(-c4cccs4)nn3C[C@@]2(C)C(=O)NCc2ccccc2)cc1C. The second-order valence-corrected chi connectivity index (χ2v) is 9.85. The van der Waals surface area contributed by atoms with E-state index in [1.54, 1.807) is 20.9 Å². The predicted molar refractivity (Wildman–Crippen MR) is 135 cm³/mol. The van der Waals surface area contributed by atoms with Gasteiger partial charge in [-0.2, -0.15) is 5.10 Å². The summed E-state index contributed by atoms with van der Waals surface area (Å²) in [5.41, 5.74) is 3.97. The molecule has 172 valence electrons. The van der Waals surface area contributed by atoms with Gasteiger partial charge in [0.15, 0.2) is 0 Å². The predicted octanol–water partition coefficient (Wildman–Crippen LogP) is 4.96. The topological polar surface area (TPSA) is 67.2 Å². The van der Waals surface area contributed by atoms with Crippen molar-refractivity contribution in [1.29, 1.82) is 0 Å². The van der Waals surface area contributed by atoms with Crippen molar-refractivity contribution in [2.75, 3.05) is 4.90 Å². The molecule has 1 N–H and O–H groups in total. The lowest BCUT2D eigenvalue weighted by Crippen LogP contribution is -2.64. The van der Waals surface area contributed by atoms with Crippen molar-refractivity contribution in [2.45, 2.75) is 39.4 Å². The summed E-state index contributed by atoms with van der Waals surface area (Å²) < 4.78 is 1.68. The van der Waals surface area contributed by atoms with Crippen molar-refractivity contribution < 1.29 is 9.59 Å². The number of carbonyl (C=O) groups is 2. The first-order chi connectivity index (χ1) is 16.4. The van der Waals surface area contributed by atoms with E-state index >= 15 is 0 Å². The number of anilines is 1. The van der Waals surface area contributed by atoms with Gasteiger partial charge in [-0.25, -0.2) is 0 Å². The number of hydrogen-bond acceptors (Lipinski definition) is 4. The molecule has 3 heterocycles. The highest BCUT2D eigenvalue weighted by molar-refractivity contribution is 7.13. The summed E-state index contributed by atoms with van der Waals surface area (Å²) in [7, 11) is 0. The van der Waals surface area contributed by atoms with Gasteiger partial charge in [-0.05, 0) is 67.1 Å². The van der Waals surface area contributed by atoms with Crippen molar-refractivity contribution in [3.63, 3.8) is 0 Å². The largest absolute Gasteiger partial charge is 0.350 e. The molecule has 0 aliphatic carbocycles. The Hall–Kier alpha value is -3.71. The number of carbonyl (C=O) groups excluding carboxylic acids is 2. The smallest absolute Gasteiger partial charge is 0.277 e. The molecule has 4 aromatic rings. The molecule has 5 rings (SSSR count). The third kappa shape index (κ3) is 3.82. The maximum atomic E-state index is 13.9. The van der Waals surface area contributed by atoms with Crippen molar-refractivity contribution >= 4 is 28.8 Å². The zero-order valence-electron chi connectivity index (χ0n) is 19.4. The fourth-order valence-electron chi connectivity index (χ4n) is 4.36. The Morgan fingerprint density at radius 2 is 1.85 bits per heavy atom. The maximum Gasteiger partial charge on any atom is 0.277 e. The van der Waals surface area contributed by atoms with Crippen LogP contribution in [0.5, 0.6) is 0 Å². The molecule has 0 fully saturated rings. The van der Waals surface area contributed by atoms with Crippen LogP contribution in [-0.2, 0) is 17.9 Å². The van der Waals surface area contributed by atoms with Gasteiger partial charge in [-0.1, -0.05) is 42.5 Å². The average molecular weight is 471 g/mol. The molecule has 2 amide bonds. The van der Waals surface area contributed by atoms with Crippen molar-refractivity contribution in [2.24, 2.45) is 0 Å². The first-order valence-corrected chi connectivity index (χ1v) is 12.1. The molecule has 0 saturated heterocycles. The van der Waals surface area contributed by atoms with E-state index in [1.807, 2.05) is 92.9 Å². The van der Waals surface area contributed by atoms with Crippen LogP contribution in [0.1, 0.15) is 34.1 Å². The van der Waals surface area contributed by atoms with Crippen molar-refractivity contribution in [3.8, 4) is 10.6 Å². The third-order valence-electron chi connectivity index (χ3n) is 6.46. The van der Waals surface area contributed by atoms with E-state index in [4.69, 9.17) is 5.10 Å². The van der Waals surface area contributed by atoms with E-state index in [0.717, 1.165) is 27.3 Å². The number of amides is 2. The van der Waals surface area contributed by atoms with Gasteiger partial charge >= 0.3 is 0 Å². The van der Waals surface area contributed by atoms with E-state index in [0.29, 0.717) is 17.9 Å². The van der Waals surface area contributed by atoms with Crippen LogP contribution in [0.4, 0.5) is 5.69 Å². The van der Waals surface area contributed by atoms with Gasteiger partial charge in [0.05, 0.1) is 11.4 Å². The third-order valence-corrected chi connectivity index (χ3v) is 7.35. The molecule has 0 unspecified atom stereocenters. The zero-order valence-corrected chi connectivity index (χ0v) is 20.2. The molecule has 6 nitrogen and oxygen atoms in total. The quantitative estimate of drug-likeness (QED) is 0.448. The Kier molecular flexibility index (Phi) is 5.57. The zero-order chi connectivity index (χ0) is 23.9. The highest BCUT2D eigenvalue weighted by Crippen LogP contribution is 2.35. The Labute approximate surface area is 202 Å². The minimum absolute atomic E-state index is 0.221. The first kappa shape index (κ1) is 22.1. The normalized spacial score (nSPS) is 17.5.